The Hall–Kier alpha value is -0.740. The maximum absolute atomic E-state index is 12.8. The molecule has 4 heteroatoms. The predicted octanol–water partition coefficient (Wildman–Crippen LogP) is 4.10. The molecule has 0 unspecified atom stereocenters. The van der Waals surface area contributed by atoms with Crippen LogP contribution in [0.15, 0.2) is 24.3 Å². The Morgan fingerprint density at radius 1 is 1.05 bits per heavy atom. The molecule has 0 amide bonds. The summed E-state index contributed by atoms with van der Waals surface area (Å²) in [5.41, 5.74) is 0.645. The number of ketones is 1. The summed E-state index contributed by atoms with van der Waals surface area (Å²) in [7, 11) is 0. The monoisotopic (exact) mass is 355 g/mol. The van der Waals surface area contributed by atoms with E-state index in [1.807, 2.05) is 0 Å². The Bertz CT molecular complexity index is 464. The van der Waals surface area contributed by atoms with E-state index in [1.54, 1.807) is 12.1 Å². The van der Waals surface area contributed by atoms with Crippen LogP contribution in [0, 0.1) is 17.7 Å². The molecule has 1 aliphatic heterocycles. The van der Waals surface area contributed by atoms with Crippen LogP contribution < -0.4 is 0 Å². The molecule has 1 aliphatic carbocycles. The number of nitrogens with zero attached hydrogens (tertiary/aromatic N) is 1. The highest BCUT2D eigenvalue weighted by molar-refractivity contribution is 8.93. The van der Waals surface area contributed by atoms with Gasteiger partial charge in [-0.15, -0.1) is 17.0 Å². The first-order valence-electron chi connectivity index (χ1n) is 7.72. The molecule has 0 N–H and O–H groups in total. The van der Waals surface area contributed by atoms with E-state index in [-0.39, 0.29) is 28.6 Å². The molecule has 2 nitrogen and oxygen atoms in total. The van der Waals surface area contributed by atoms with Crippen LogP contribution in [-0.2, 0) is 0 Å². The standard InChI is InChI=1S/C17H22FNO.BrH/c18-16-5-3-15(4-6-16)17(20)11-13-7-9-19(10-8-13)12-14-1-2-14;/h3-6,13-14H,1-2,7-12H2;1H. The maximum Gasteiger partial charge on any atom is 0.163 e. The van der Waals surface area contributed by atoms with Gasteiger partial charge in [-0.3, -0.25) is 4.79 Å². The van der Waals surface area contributed by atoms with E-state index in [0.29, 0.717) is 17.9 Å². The van der Waals surface area contributed by atoms with Gasteiger partial charge in [-0.25, -0.2) is 4.39 Å². The lowest BCUT2D eigenvalue weighted by atomic mass is 9.90. The fourth-order valence-corrected chi connectivity index (χ4v) is 3.05. The van der Waals surface area contributed by atoms with Gasteiger partial charge in [0.15, 0.2) is 5.78 Å². The fraction of sp³-hybridized carbons (Fsp3) is 0.588. The number of carbonyl (C=O) groups is 1. The normalized spacial score (nSPS) is 20.0. The van der Waals surface area contributed by atoms with Crippen LogP contribution in [0.1, 0.15) is 42.5 Å². The second-order valence-corrected chi connectivity index (χ2v) is 6.32. The highest BCUT2D eigenvalue weighted by Crippen LogP contribution is 2.31. The summed E-state index contributed by atoms with van der Waals surface area (Å²) in [4.78, 5) is 14.7. The quantitative estimate of drug-likeness (QED) is 0.741. The zero-order valence-electron chi connectivity index (χ0n) is 12.3. The molecule has 1 heterocycles. The van der Waals surface area contributed by atoms with E-state index >= 15 is 0 Å². The van der Waals surface area contributed by atoms with Gasteiger partial charge in [-0.2, -0.15) is 0 Å². The smallest absolute Gasteiger partial charge is 0.163 e. The van der Waals surface area contributed by atoms with Gasteiger partial charge in [0.2, 0.25) is 0 Å². The number of carbonyl (C=O) groups excluding carboxylic acids is 1. The van der Waals surface area contributed by atoms with Crippen LogP contribution in [0.3, 0.4) is 0 Å². The van der Waals surface area contributed by atoms with E-state index in [1.165, 1.54) is 31.5 Å². The van der Waals surface area contributed by atoms with Crippen molar-refractivity contribution in [3.63, 3.8) is 0 Å². The largest absolute Gasteiger partial charge is 0.303 e. The molecule has 1 aromatic rings. The number of hydrogen-bond donors (Lipinski definition) is 0. The number of rotatable bonds is 5. The zero-order valence-corrected chi connectivity index (χ0v) is 14.0. The first-order chi connectivity index (χ1) is 9.70. The van der Waals surface area contributed by atoms with E-state index in [4.69, 9.17) is 0 Å². The highest BCUT2D eigenvalue weighted by Gasteiger charge is 2.27. The molecule has 1 saturated heterocycles. The van der Waals surface area contributed by atoms with Crippen LogP contribution in [0.5, 0.6) is 0 Å². The van der Waals surface area contributed by atoms with E-state index in [2.05, 4.69) is 4.90 Å². The molecule has 0 spiro atoms. The fourth-order valence-electron chi connectivity index (χ4n) is 3.05. The molecule has 1 saturated carbocycles. The minimum atomic E-state index is -0.282. The summed E-state index contributed by atoms with van der Waals surface area (Å²) in [6.07, 6.45) is 5.67. The van der Waals surface area contributed by atoms with Crippen LogP contribution in [-0.4, -0.2) is 30.3 Å². The number of hydrogen-bond acceptors (Lipinski definition) is 2. The molecule has 0 radical (unpaired) electrons. The van der Waals surface area contributed by atoms with E-state index in [9.17, 15) is 9.18 Å². The van der Waals surface area contributed by atoms with Crippen molar-refractivity contribution in [3.8, 4) is 0 Å². The van der Waals surface area contributed by atoms with Crippen molar-refractivity contribution >= 4 is 22.8 Å². The van der Waals surface area contributed by atoms with Crippen molar-refractivity contribution in [2.24, 2.45) is 11.8 Å². The number of Topliss-reactive ketones (excluding diaryl/α,β-unsaturated/α-hetero) is 1. The van der Waals surface area contributed by atoms with Gasteiger partial charge < -0.3 is 4.90 Å². The van der Waals surface area contributed by atoms with Gasteiger partial charge >= 0.3 is 0 Å². The molecule has 0 aromatic heterocycles. The van der Waals surface area contributed by atoms with Crippen molar-refractivity contribution in [2.45, 2.75) is 32.1 Å². The van der Waals surface area contributed by atoms with Gasteiger partial charge in [-0.05, 0) is 74.9 Å². The Kier molecular flexibility index (Phi) is 5.94. The minimum Gasteiger partial charge on any atom is -0.303 e. The van der Waals surface area contributed by atoms with Crippen molar-refractivity contribution in [2.75, 3.05) is 19.6 Å². The Balaban J connectivity index is 0.00000161. The number of piperidine rings is 1. The summed E-state index contributed by atoms with van der Waals surface area (Å²) >= 11 is 0. The molecule has 0 bridgehead atoms. The number of likely N-dealkylation sites (tertiary alicyclic amines) is 1. The first kappa shape index (κ1) is 16.6. The van der Waals surface area contributed by atoms with E-state index < -0.39 is 0 Å². The molecule has 116 valence electrons. The van der Waals surface area contributed by atoms with Crippen LogP contribution >= 0.6 is 17.0 Å². The third-order valence-electron chi connectivity index (χ3n) is 4.56. The van der Waals surface area contributed by atoms with Crippen molar-refractivity contribution < 1.29 is 9.18 Å². The molecule has 3 rings (SSSR count). The number of halogens is 2. The second kappa shape index (κ2) is 7.50. The van der Waals surface area contributed by atoms with Crippen molar-refractivity contribution in [1.82, 2.24) is 4.90 Å². The zero-order chi connectivity index (χ0) is 13.9. The Labute approximate surface area is 136 Å². The highest BCUT2D eigenvalue weighted by atomic mass is 79.9. The lowest BCUT2D eigenvalue weighted by Crippen LogP contribution is -2.35. The van der Waals surface area contributed by atoms with Crippen molar-refractivity contribution in [3.05, 3.63) is 35.6 Å². The number of benzene rings is 1. The first-order valence-corrected chi connectivity index (χ1v) is 7.72. The van der Waals surface area contributed by atoms with Crippen LogP contribution in [0.4, 0.5) is 4.39 Å². The lowest BCUT2D eigenvalue weighted by Gasteiger charge is -2.31. The summed E-state index contributed by atoms with van der Waals surface area (Å²) < 4.78 is 12.8. The van der Waals surface area contributed by atoms with Gasteiger partial charge in [0, 0.05) is 18.5 Å². The van der Waals surface area contributed by atoms with E-state index in [0.717, 1.165) is 31.8 Å². The van der Waals surface area contributed by atoms with Gasteiger partial charge in [0.05, 0.1) is 0 Å². The maximum atomic E-state index is 12.8. The average molecular weight is 356 g/mol. The van der Waals surface area contributed by atoms with Gasteiger partial charge in [0.25, 0.3) is 0 Å². The molecular formula is C17H23BrFNO. The summed E-state index contributed by atoms with van der Waals surface area (Å²) in [6, 6.07) is 5.93. The van der Waals surface area contributed by atoms with Crippen LogP contribution in [0.25, 0.3) is 0 Å². The lowest BCUT2D eigenvalue weighted by molar-refractivity contribution is 0.0926. The molecule has 21 heavy (non-hydrogen) atoms. The summed E-state index contributed by atoms with van der Waals surface area (Å²) in [6.45, 7) is 3.54. The molecule has 2 fully saturated rings. The molecule has 1 aromatic carbocycles. The third-order valence-corrected chi connectivity index (χ3v) is 4.56. The molecule has 0 atom stereocenters. The predicted molar refractivity (Wildman–Crippen MR) is 87.6 cm³/mol. The minimum absolute atomic E-state index is 0. The molecular weight excluding hydrogens is 333 g/mol. The Morgan fingerprint density at radius 2 is 1.67 bits per heavy atom. The third kappa shape index (κ3) is 4.89. The topological polar surface area (TPSA) is 20.3 Å². The summed E-state index contributed by atoms with van der Waals surface area (Å²) in [5.74, 6) is 1.33. The van der Waals surface area contributed by atoms with Crippen molar-refractivity contribution in [1.29, 1.82) is 0 Å². The SMILES string of the molecule is Br.O=C(CC1CCN(CC2CC2)CC1)c1ccc(F)cc1. The van der Waals surface area contributed by atoms with Gasteiger partial charge in [0.1, 0.15) is 5.82 Å². The molecule has 2 aliphatic rings. The van der Waals surface area contributed by atoms with Gasteiger partial charge in [-0.1, -0.05) is 0 Å². The average Bonchev–Trinajstić information content (AvgIpc) is 3.26. The second-order valence-electron chi connectivity index (χ2n) is 6.32. The summed E-state index contributed by atoms with van der Waals surface area (Å²) in [5, 5.41) is 0. The Morgan fingerprint density at radius 3 is 2.24 bits per heavy atom. The van der Waals surface area contributed by atoms with Crippen LogP contribution in [0.2, 0.25) is 0 Å².